The topological polar surface area (TPSA) is 134 Å². The molecular weight excluding hydrogens is 498 g/mol. The van der Waals surface area contributed by atoms with Gasteiger partial charge in [-0.25, -0.2) is 26.0 Å². The van der Waals surface area contributed by atoms with Gasteiger partial charge in [0.1, 0.15) is 18.1 Å². The molecule has 180 valence electrons. The van der Waals surface area contributed by atoms with Crippen molar-refractivity contribution in [2.45, 2.75) is 30.9 Å². The summed E-state index contributed by atoms with van der Waals surface area (Å²) in [5, 5.41) is 10.5. The SMILES string of the molecule is CCC[n+]1ccn(-c2ccc([N+](=O)[O-])cc2)c1.O=S(=O)([N-]S(=O)(=O)C(F)(F)F)C(F)(F)F. The minimum atomic E-state index is -6.72. The average molecular weight is 512 g/mol. The highest BCUT2D eigenvalue weighted by Gasteiger charge is 2.46. The van der Waals surface area contributed by atoms with E-state index in [1.54, 1.807) is 12.1 Å². The molecule has 32 heavy (non-hydrogen) atoms. The molecule has 18 heteroatoms. The summed E-state index contributed by atoms with van der Waals surface area (Å²) in [6, 6.07) is 6.52. The lowest BCUT2D eigenvalue weighted by Crippen LogP contribution is -2.30. The van der Waals surface area contributed by atoms with E-state index >= 15 is 0 Å². The van der Waals surface area contributed by atoms with E-state index in [-0.39, 0.29) is 5.69 Å². The number of nitro benzene ring substituents is 1. The van der Waals surface area contributed by atoms with Crippen molar-refractivity contribution in [3.05, 3.63) is 57.2 Å². The number of aryl methyl sites for hydroxylation is 1. The molecule has 0 aliphatic heterocycles. The van der Waals surface area contributed by atoms with Gasteiger partial charge in [0.2, 0.25) is 6.33 Å². The molecule has 0 aliphatic rings. The van der Waals surface area contributed by atoms with E-state index in [1.807, 2.05) is 23.3 Å². The number of nitro groups is 1. The molecule has 0 fully saturated rings. The van der Waals surface area contributed by atoms with Gasteiger partial charge in [0, 0.05) is 12.1 Å². The lowest BCUT2D eigenvalue weighted by atomic mass is 10.3. The Hall–Kier alpha value is -2.73. The van der Waals surface area contributed by atoms with Gasteiger partial charge in [0.15, 0.2) is 20.0 Å². The standard InChI is InChI=1S/C12H14N3O2.C2F6NO4S2/c1-2-7-13-8-9-14(10-13)11-3-5-12(6-4-11)15(16)17;3-1(4,5)14(10,11)9-15(12,13)2(6,7)8/h3-6,8-10H,2,7H2,1H3;/q+1;-1. The number of halogens is 6. The Morgan fingerprint density at radius 3 is 1.84 bits per heavy atom. The first-order chi connectivity index (χ1) is 14.4. The largest absolute Gasteiger partial charge is 0.480 e. The van der Waals surface area contributed by atoms with Crippen molar-refractivity contribution in [1.29, 1.82) is 0 Å². The molecule has 10 nitrogen and oxygen atoms in total. The zero-order chi connectivity index (χ0) is 25.0. The van der Waals surface area contributed by atoms with E-state index in [0.717, 1.165) is 22.8 Å². The fourth-order valence-electron chi connectivity index (χ4n) is 1.90. The Morgan fingerprint density at radius 2 is 1.47 bits per heavy atom. The van der Waals surface area contributed by atoms with Crippen molar-refractivity contribution in [2.75, 3.05) is 0 Å². The van der Waals surface area contributed by atoms with E-state index in [2.05, 4.69) is 11.5 Å². The molecule has 0 atom stereocenters. The van der Waals surface area contributed by atoms with Gasteiger partial charge in [-0.1, -0.05) is 6.92 Å². The molecule has 0 unspecified atom stereocenters. The Bertz CT molecular complexity index is 1100. The van der Waals surface area contributed by atoms with Gasteiger partial charge in [-0.05, 0) is 18.6 Å². The van der Waals surface area contributed by atoms with E-state index in [4.69, 9.17) is 0 Å². The molecule has 0 saturated heterocycles. The zero-order valence-electron chi connectivity index (χ0n) is 15.8. The molecule has 1 heterocycles. The molecule has 0 spiro atoms. The van der Waals surface area contributed by atoms with Crippen LogP contribution in [0.25, 0.3) is 9.81 Å². The second-order valence-electron chi connectivity index (χ2n) is 5.75. The van der Waals surface area contributed by atoms with E-state index in [1.165, 1.54) is 12.1 Å². The van der Waals surface area contributed by atoms with Crippen LogP contribution < -0.4 is 4.57 Å². The van der Waals surface area contributed by atoms with Crippen LogP contribution in [0, 0.1) is 10.1 Å². The van der Waals surface area contributed by atoms with Crippen molar-refractivity contribution >= 4 is 25.7 Å². The second kappa shape index (κ2) is 9.82. The smallest absolute Gasteiger partial charge is 0.421 e. The third-order valence-electron chi connectivity index (χ3n) is 3.31. The number of imidazole rings is 1. The first-order valence-corrected chi connectivity index (χ1v) is 11.0. The van der Waals surface area contributed by atoms with Crippen molar-refractivity contribution < 1.29 is 52.7 Å². The highest BCUT2D eigenvalue weighted by molar-refractivity contribution is 8.13. The maximum atomic E-state index is 11.4. The second-order valence-corrected chi connectivity index (χ2v) is 9.17. The molecule has 0 saturated carbocycles. The van der Waals surface area contributed by atoms with Crippen LogP contribution >= 0.6 is 0 Å². The van der Waals surface area contributed by atoms with Gasteiger partial charge in [-0.15, -0.1) is 0 Å². The van der Waals surface area contributed by atoms with Crippen LogP contribution in [-0.4, -0.2) is 37.3 Å². The number of aromatic nitrogens is 2. The molecule has 1 aromatic carbocycles. The van der Waals surface area contributed by atoms with Gasteiger partial charge < -0.3 is 4.13 Å². The fraction of sp³-hybridized carbons (Fsp3) is 0.357. The Morgan fingerprint density at radius 1 is 1.00 bits per heavy atom. The van der Waals surface area contributed by atoms with Crippen molar-refractivity contribution in [3.63, 3.8) is 0 Å². The molecule has 2 rings (SSSR count). The minimum Gasteiger partial charge on any atom is -0.421 e. The summed E-state index contributed by atoms with van der Waals surface area (Å²) in [5.41, 5.74) is -11.4. The first kappa shape index (κ1) is 27.3. The summed E-state index contributed by atoms with van der Waals surface area (Å²) in [4.78, 5) is 10.1. The van der Waals surface area contributed by atoms with Crippen LogP contribution in [0.4, 0.5) is 32.0 Å². The Labute approximate surface area is 177 Å². The normalized spacial score (nSPS) is 12.7. The van der Waals surface area contributed by atoms with Gasteiger partial charge in [0.25, 0.3) is 5.69 Å². The third-order valence-corrected chi connectivity index (χ3v) is 6.05. The maximum absolute atomic E-state index is 11.4. The van der Waals surface area contributed by atoms with Crippen molar-refractivity contribution in [3.8, 4) is 5.69 Å². The summed E-state index contributed by atoms with van der Waals surface area (Å²) in [6.07, 6.45) is 6.99. The van der Waals surface area contributed by atoms with Gasteiger partial charge in [0.05, 0.1) is 11.5 Å². The monoisotopic (exact) mass is 512 g/mol. The van der Waals surface area contributed by atoms with Crippen LogP contribution in [0.5, 0.6) is 0 Å². The number of rotatable bonds is 6. The summed E-state index contributed by atoms with van der Waals surface area (Å²) in [5.74, 6) is 0. The van der Waals surface area contributed by atoms with Crippen LogP contribution in [-0.2, 0) is 26.6 Å². The molecule has 0 aliphatic carbocycles. The summed E-state index contributed by atoms with van der Waals surface area (Å²) >= 11 is 0. The molecule has 0 amide bonds. The number of nitrogens with zero attached hydrogens (tertiary/aromatic N) is 4. The summed E-state index contributed by atoms with van der Waals surface area (Å²) in [7, 11) is -13.4. The quantitative estimate of drug-likeness (QED) is 0.253. The molecule has 0 bridgehead atoms. The lowest BCUT2D eigenvalue weighted by molar-refractivity contribution is -0.696. The van der Waals surface area contributed by atoms with E-state index in [9.17, 15) is 53.3 Å². The summed E-state index contributed by atoms with van der Waals surface area (Å²) < 4.78 is 113. The maximum Gasteiger partial charge on any atom is 0.480 e. The van der Waals surface area contributed by atoms with Gasteiger partial charge >= 0.3 is 11.0 Å². The molecule has 0 radical (unpaired) electrons. The predicted octanol–water partition coefficient (Wildman–Crippen LogP) is 3.14. The number of benzene rings is 1. The number of alkyl halides is 6. The van der Waals surface area contributed by atoms with Crippen LogP contribution in [0.1, 0.15) is 13.3 Å². The fourth-order valence-corrected chi connectivity index (χ4v) is 3.61. The summed E-state index contributed by atoms with van der Waals surface area (Å²) in [6.45, 7) is 3.09. The number of sulfonamides is 2. The van der Waals surface area contributed by atoms with Gasteiger partial charge in [-0.2, -0.15) is 26.3 Å². The van der Waals surface area contributed by atoms with Gasteiger partial charge in [-0.3, -0.25) is 10.1 Å². The lowest BCUT2D eigenvalue weighted by Gasteiger charge is -2.22. The number of hydrogen-bond acceptors (Lipinski definition) is 6. The molecular formula is C14H14F6N4O6S2. The predicted molar refractivity (Wildman–Crippen MR) is 96.2 cm³/mol. The third kappa shape index (κ3) is 7.16. The number of non-ortho nitro benzene ring substituents is 1. The molecule has 0 N–H and O–H groups in total. The highest BCUT2D eigenvalue weighted by Crippen LogP contribution is 2.36. The van der Waals surface area contributed by atoms with Crippen molar-refractivity contribution in [2.24, 2.45) is 0 Å². The first-order valence-electron chi connectivity index (χ1n) is 8.10. The molecule has 2 aromatic rings. The number of hydrogen-bond donors (Lipinski definition) is 0. The van der Waals surface area contributed by atoms with Crippen LogP contribution in [0.15, 0.2) is 43.0 Å². The van der Waals surface area contributed by atoms with Crippen LogP contribution in [0.3, 0.4) is 0 Å². The van der Waals surface area contributed by atoms with E-state index in [0.29, 0.717) is 0 Å². The Kier molecular flexibility index (Phi) is 8.38. The Balaban J connectivity index is 0.000000324. The van der Waals surface area contributed by atoms with Crippen molar-refractivity contribution in [1.82, 2.24) is 4.57 Å². The van der Waals surface area contributed by atoms with E-state index < -0.39 is 36.0 Å². The molecule has 1 aromatic heterocycles. The average Bonchev–Trinajstić information content (AvgIpc) is 3.08. The minimum absolute atomic E-state index is 0.113. The zero-order valence-corrected chi connectivity index (χ0v) is 17.4. The van der Waals surface area contributed by atoms with Crippen LogP contribution in [0.2, 0.25) is 0 Å². The highest BCUT2D eigenvalue weighted by atomic mass is 32.3.